The number of aliphatic carboxylic acids is 1. The summed E-state index contributed by atoms with van der Waals surface area (Å²) in [7, 11) is -2.33. The largest absolute Gasteiger partial charge is 0.480 e. The summed E-state index contributed by atoms with van der Waals surface area (Å²) in [6, 6.07) is -1.16. The van der Waals surface area contributed by atoms with Gasteiger partial charge in [0, 0.05) is 13.7 Å². The van der Waals surface area contributed by atoms with Crippen molar-refractivity contribution in [3.05, 3.63) is 0 Å². The predicted octanol–water partition coefficient (Wildman–Crippen LogP) is -1.47. The molecular weight excluding hydrogens is 212 g/mol. The highest BCUT2D eigenvalue weighted by atomic mass is 32.2. The third kappa shape index (κ3) is 5.86. The monoisotopic (exact) mass is 226 g/mol. The Morgan fingerprint density at radius 1 is 1.57 bits per heavy atom. The maximum atomic E-state index is 11.1. The summed E-state index contributed by atoms with van der Waals surface area (Å²) in [5, 5.41) is 8.44. The maximum absolute atomic E-state index is 11.1. The van der Waals surface area contributed by atoms with Crippen LogP contribution in [0.25, 0.3) is 0 Å². The average Bonchev–Trinajstić information content (AvgIpc) is 2.03. The van der Waals surface area contributed by atoms with Gasteiger partial charge in [-0.05, 0) is 6.92 Å². The Morgan fingerprint density at radius 2 is 2.14 bits per heavy atom. The highest BCUT2D eigenvalue weighted by Gasteiger charge is 2.18. The lowest BCUT2D eigenvalue weighted by Gasteiger charge is -2.10. The van der Waals surface area contributed by atoms with Gasteiger partial charge in [-0.1, -0.05) is 0 Å². The number of nitrogens with one attached hydrogen (secondary N) is 2. The number of hydrogen-bond acceptors (Lipinski definition) is 4. The van der Waals surface area contributed by atoms with E-state index >= 15 is 0 Å². The molecule has 0 radical (unpaired) electrons. The Labute approximate surface area is 82.6 Å². The molecule has 0 aliphatic heterocycles. The summed E-state index contributed by atoms with van der Waals surface area (Å²) in [4.78, 5) is 10.3. The first kappa shape index (κ1) is 13.3. The second-order valence-electron chi connectivity index (χ2n) is 2.57. The van der Waals surface area contributed by atoms with Crippen LogP contribution in [0.5, 0.6) is 0 Å². The average molecular weight is 226 g/mol. The van der Waals surface area contributed by atoms with Gasteiger partial charge in [-0.2, -0.15) is 17.9 Å². The summed E-state index contributed by atoms with van der Waals surface area (Å²) in [5.74, 6) is -1.23. The summed E-state index contributed by atoms with van der Waals surface area (Å²) in [6.07, 6.45) is 0. The number of carboxylic acids is 1. The SMILES string of the molecule is COCCNS(=O)(=O)N[C@@H](C)C(=O)O. The summed E-state index contributed by atoms with van der Waals surface area (Å²) in [6.45, 7) is 1.55. The van der Waals surface area contributed by atoms with Gasteiger partial charge in [0.1, 0.15) is 6.04 Å². The van der Waals surface area contributed by atoms with E-state index in [4.69, 9.17) is 5.11 Å². The lowest BCUT2D eigenvalue weighted by Crippen LogP contribution is -2.45. The van der Waals surface area contributed by atoms with Crippen molar-refractivity contribution >= 4 is 16.2 Å². The molecule has 0 aliphatic carbocycles. The van der Waals surface area contributed by atoms with Crippen LogP contribution in [0.3, 0.4) is 0 Å². The van der Waals surface area contributed by atoms with Crippen LogP contribution < -0.4 is 9.44 Å². The molecule has 0 amide bonds. The van der Waals surface area contributed by atoms with Crippen LogP contribution in [-0.4, -0.2) is 45.8 Å². The Kier molecular flexibility index (Phi) is 5.62. The molecule has 0 saturated carbocycles. The zero-order chi connectivity index (χ0) is 11.2. The van der Waals surface area contributed by atoms with Crippen molar-refractivity contribution in [3.63, 3.8) is 0 Å². The zero-order valence-electron chi connectivity index (χ0n) is 7.98. The molecule has 0 aliphatic rings. The first-order valence-corrected chi connectivity index (χ1v) is 5.36. The summed E-state index contributed by atoms with van der Waals surface area (Å²) < 4.78 is 30.8. The normalized spacial score (nSPS) is 13.9. The molecule has 0 spiro atoms. The van der Waals surface area contributed by atoms with E-state index in [9.17, 15) is 13.2 Å². The van der Waals surface area contributed by atoms with Crippen LogP contribution in [-0.2, 0) is 19.7 Å². The number of methoxy groups -OCH3 is 1. The Hall–Kier alpha value is -0.700. The molecular formula is C6H14N2O5S. The van der Waals surface area contributed by atoms with E-state index in [1.54, 1.807) is 0 Å². The van der Waals surface area contributed by atoms with E-state index in [0.717, 1.165) is 0 Å². The fourth-order valence-electron chi connectivity index (χ4n) is 0.603. The lowest BCUT2D eigenvalue weighted by molar-refractivity contribution is -0.138. The predicted molar refractivity (Wildman–Crippen MR) is 49.0 cm³/mol. The van der Waals surface area contributed by atoms with Crippen molar-refractivity contribution in [1.29, 1.82) is 0 Å². The molecule has 0 rings (SSSR count). The van der Waals surface area contributed by atoms with Crippen LogP contribution in [0.2, 0.25) is 0 Å². The van der Waals surface area contributed by atoms with E-state index in [0.29, 0.717) is 0 Å². The molecule has 0 saturated heterocycles. The Balaban J connectivity index is 4.01. The van der Waals surface area contributed by atoms with Crippen molar-refractivity contribution in [2.45, 2.75) is 13.0 Å². The van der Waals surface area contributed by atoms with E-state index in [2.05, 4.69) is 9.46 Å². The third-order valence-electron chi connectivity index (χ3n) is 1.30. The van der Waals surface area contributed by atoms with Crippen LogP contribution >= 0.6 is 0 Å². The van der Waals surface area contributed by atoms with Gasteiger partial charge in [-0.15, -0.1) is 0 Å². The molecule has 7 nitrogen and oxygen atoms in total. The number of hydrogen-bond donors (Lipinski definition) is 3. The fraction of sp³-hybridized carbons (Fsp3) is 0.833. The quantitative estimate of drug-likeness (QED) is 0.460. The van der Waals surface area contributed by atoms with Gasteiger partial charge >= 0.3 is 5.97 Å². The Bertz CT molecular complexity index is 276. The van der Waals surface area contributed by atoms with E-state index in [-0.39, 0.29) is 13.2 Å². The first-order valence-electron chi connectivity index (χ1n) is 3.87. The third-order valence-corrected chi connectivity index (χ3v) is 2.55. The molecule has 0 aromatic heterocycles. The molecule has 0 aromatic carbocycles. The van der Waals surface area contributed by atoms with Gasteiger partial charge in [0.05, 0.1) is 6.61 Å². The van der Waals surface area contributed by atoms with Crippen molar-refractivity contribution in [2.75, 3.05) is 20.3 Å². The van der Waals surface area contributed by atoms with Crippen LogP contribution in [0, 0.1) is 0 Å². The zero-order valence-corrected chi connectivity index (χ0v) is 8.80. The number of carbonyl (C=O) groups is 1. The molecule has 8 heteroatoms. The van der Waals surface area contributed by atoms with Gasteiger partial charge < -0.3 is 9.84 Å². The van der Waals surface area contributed by atoms with Gasteiger partial charge in [-0.3, -0.25) is 4.79 Å². The molecule has 0 bridgehead atoms. The first-order chi connectivity index (χ1) is 6.39. The van der Waals surface area contributed by atoms with E-state index < -0.39 is 22.2 Å². The molecule has 0 fully saturated rings. The van der Waals surface area contributed by atoms with E-state index in [1.807, 2.05) is 4.72 Å². The fourth-order valence-corrected chi connectivity index (χ4v) is 1.60. The van der Waals surface area contributed by atoms with Crippen molar-refractivity contribution in [2.24, 2.45) is 0 Å². The number of rotatable bonds is 7. The number of ether oxygens (including phenoxy) is 1. The Morgan fingerprint density at radius 3 is 2.57 bits per heavy atom. The number of carboxylic acid groups (broad SMARTS) is 1. The lowest BCUT2D eigenvalue weighted by atomic mass is 10.4. The van der Waals surface area contributed by atoms with E-state index in [1.165, 1.54) is 14.0 Å². The van der Waals surface area contributed by atoms with Crippen molar-refractivity contribution < 1.29 is 23.1 Å². The topological polar surface area (TPSA) is 105 Å². The second kappa shape index (κ2) is 5.91. The van der Waals surface area contributed by atoms with Gasteiger partial charge in [-0.25, -0.2) is 0 Å². The van der Waals surface area contributed by atoms with Crippen molar-refractivity contribution in [1.82, 2.24) is 9.44 Å². The van der Waals surface area contributed by atoms with Crippen LogP contribution in [0.1, 0.15) is 6.92 Å². The standard InChI is InChI=1S/C6H14N2O5S/c1-5(6(9)10)8-14(11,12)7-3-4-13-2/h5,7-8H,3-4H2,1-2H3,(H,9,10)/t5-/m0/s1. The van der Waals surface area contributed by atoms with Crippen LogP contribution in [0.15, 0.2) is 0 Å². The minimum Gasteiger partial charge on any atom is -0.480 e. The molecule has 14 heavy (non-hydrogen) atoms. The molecule has 0 unspecified atom stereocenters. The minimum atomic E-state index is -3.76. The smallest absolute Gasteiger partial charge is 0.321 e. The molecule has 3 N–H and O–H groups in total. The van der Waals surface area contributed by atoms with Crippen LogP contribution in [0.4, 0.5) is 0 Å². The van der Waals surface area contributed by atoms with Gasteiger partial charge in [0.15, 0.2) is 0 Å². The van der Waals surface area contributed by atoms with Gasteiger partial charge in [0.25, 0.3) is 10.2 Å². The second-order valence-corrected chi connectivity index (χ2v) is 4.10. The summed E-state index contributed by atoms with van der Waals surface area (Å²) in [5.41, 5.74) is 0. The molecule has 0 aromatic rings. The highest BCUT2D eigenvalue weighted by molar-refractivity contribution is 7.87. The molecule has 84 valence electrons. The highest BCUT2D eigenvalue weighted by Crippen LogP contribution is 1.85. The maximum Gasteiger partial charge on any atom is 0.321 e. The molecule has 0 heterocycles. The molecule has 1 atom stereocenters. The minimum absolute atomic E-state index is 0.0954. The van der Waals surface area contributed by atoms with Crippen molar-refractivity contribution in [3.8, 4) is 0 Å². The summed E-state index contributed by atoms with van der Waals surface area (Å²) >= 11 is 0. The van der Waals surface area contributed by atoms with Gasteiger partial charge in [0.2, 0.25) is 0 Å².